The van der Waals surface area contributed by atoms with E-state index in [0.717, 1.165) is 24.8 Å². The number of ether oxygens (including phenoxy) is 1. The second kappa shape index (κ2) is 6.91. The zero-order valence-corrected chi connectivity index (χ0v) is 15.2. The van der Waals surface area contributed by atoms with E-state index in [2.05, 4.69) is 24.3 Å². The Morgan fingerprint density at radius 2 is 2.22 bits per heavy atom. The van der Waals surface area contributed by atoms with Crippen molar-refractivity contribution < 1.29 is 9.53 Å². The molecule has 1 fully saturated rings. The quantitative estimate of drug-likeness (QED) is 0.876. The van der Waals surface area contributed by atoms with Gasteiger partial charge in [-0.1, -0.05) is 13.8 Å². The van der Waals surface area contributed by atoms with Gasteiger partial charge in [-0.25, -0.2) is 4.79 Å². The predicted octanol–water partition coefficient (Wildman–Crippen LogP) is 2.72. The molecule has 1 aliphatic rings. The number of nitrogens with one attached hydrogen (secondary N) is 1. The van der Waals surface area contributed by atoms with E-state index < -0.39 is 0 Å². The van der Waals surface area contributed by atoms with Gasteiger partial charge < -0.3 is 15.0 Å². The van der Waals surface area contributed by atoms with E-state index in [1.807, 2.05) is 32.1 Å². The second-order valence-electron chi connectivity index (χ2n) is 6.65. The number of methoxy groups -OCH3 is 1. The lowest BCUT2D eigenvalue weighted by Gasteiger charge is -2.57. The number of amides is 2. The van der Waals surface area contributed by atoms with Crippen molar-refractivity contribution in [3.63, 3.8) is 0 Å². The Balaban J connectivity index is 2.02. The molecule has 2 rings (SSSR count). The maximum absolute atomic E-state index is 12.6. The van der Waals surface area contributed by atoms with E-state index in [1.165, 1.54) is 0 Å². The van der Waals surface area contributed by atoms with Crippen LogP contribution < -0.4 is 5.32 Å². The third-order valence-corrected chi connectivity index (χ3v) is 5.70. The van der Waals surface area contributed by atoms with Crippen molar-refractivity contribution in [2.24, 2.45) is 12.5 Å². The fourth-order valence-corrected chi connectivity index (χ4v) is 3.95. The molecule has 0 spiro atoms. The number of carbonyl (C=O) groups excluding carboxylic acids is 1. The zero-order chi connectivity index (χ0) is 17.2. The number of nitrogens with zero attached hydrogens (tertiary/aromatic N) is 3. The van der Waals surface area contributed by atoms with E-state index in [-0.39, 0.29) is 29.6 Å². The van der Waals surface area contributed by atoms with E-state index in [1.54, 1.807) is 18.0 Å². The number of hydrogen-bond acceptors (Lipinski definition) is 3. The van der Waals surface area contributed by atoms with E-state index in [0.29, 0.717) is 0 Å². The van der Waals surface area contributed by atoms with Gasteiger partial charge in [-0.2, -0.15) is 5.10 Å². The Morgan fingerprint density at radius 1 is 1.57 bits per heavy atom. The highest BCUT2D eigenvalue weighted by Crippen LogP contribution is 2.50. The highest BCUT2D eigenvalue weighted by atomic mass is 16.5. The molecule has 0 bridgehead atoms. The minimum Gasteiger partial charge on any atom is -0.381 e. The molecule has 0 unspecified atom stereocenters. The van der Waals surface area contributed by atoms with Crippen LogP contribution in [0.25, 0.3) is 0 Å². The van der Waals surface area contributed by atoms with Crippen molar-refractivity contribution in [1.82, 2.24) is 20.0 Å². The Kier molecular flexibility index (Phi) is 5.34. The highest BCUT2D eigenvalue weighted by molar-refractivity contribution is 5.75. The van der Waals surface area contributed by atoms with Crippen LogP contribution in [0.4, 0.5) is 4.79 Å². The van der Waals surface area contributed by atoms with Crippen LogP contribution in [0, 0.1) is 5.41 Å². The number of hydrogen-bond donors (Lipinski definition) is 1. The van der Waals surface area contributed by atoms with Crippen LogP contribution in [0.2, 0.25) is 0 Å². The number of rotatable bonds is 6. The number of carbonyl (C=O) groups is 1. The van der Waals surface area contributed by atoms with Gasteiger partial charge in [0.15, 0.2) is 0 Å². The molecule has 6 heteroatoms. The fourth-order valence-electron chi connectivity index (χ4n) is 3.95. The standard InChI is InChI=1S/C17H30N4O2/c1-7-17(8-2)14(9-15(17)23-6)21(5)16(22)19-12(3)13-10-18-20(4)11-13/h10-12,14-15H,7-9H2,1-6H3,(H,19,22)/t12-,14-,15+/m0/s1. The molecule has 1 saturated carbocycles. The Labute approximate surface area is 139 Å². The van der Waals surface area contributed by atoms with Crippen LogP contribution >= 0.6 is 0 Å². The monoisotopic (exact) mass is 322 g/mol. The number of aromatic nitrogens is 2. The van der Waals surface area contributed by atoms with Crippen molar-refractivity contribution in [2.45, 2.75) is 58.2 Å². The average Bonchev–Trinajstić information content (AvgIpc) is 2.94. The number of aryl methyl sites for hydroxylation is 1. The van der Waals surface area contributed by atoms with E-state index >= 15 is 0 Å². The van der Waals surface area contributed by atoms with Gasteiger partial charge in [0.2, 0.25) is 0 Å². The maximum Gasteiger partial charge on any atom is 0.317 e. The summed E-state index contributed by atoms with van der Waals surface area (Å²) in [6.45, 7) is 6.35. The molecule has 1 aromatic heterocycles. The van der Waals surface area contributed by atoms with Gasteiger partial charge >= 0.3 is 6.03 Å². The summed E-state index contributed by atoms with van der Waals surface area (Å²) >= 11 is 0. The van der Waals surface area contributed by atoms with Crippen LogP contribution in [0.3, 0.4) is 0 Å². The Morgan fingerprint density at radius 3 is 2.70 bits per heavy atom. The topological polar surface area (TPSA) is 59.4 Å². The molecule has 0 saturated heterocycles. The van der Waals surface area contributed by atoms with Crippen LogP contribution in [0.15, 0.2) is 12.4 Å². The van der Waals surface area contributed by atoms with Gasteiger partial charge in [-0.3, -0.25) is 4.68 Å². The molecule has 23 heavy (non-hydrogen) atoms. The first kappa shape index (κ1) is 17.8. The molecule has 1 heterocycles. The second-order valence-corrected chi connectivity index (χ2v) is 6.65. The highest BCUT2D eigenvalue weighted by Gasteiger charge is 2.55. The molecular weight excluding hydrogens is 292 g/mol. The minimum atomic E-state index is -0.0606. The van der Waals surface area contributed by atoms with Crippen molar-refractivity contribution in [3.8, 4) is 0 Å². The summed E-state index contributed by atoms with van der Waals surface area (Å²) in [5.74, 6) is 0. The summed E-state index contributed by atoms with van der Waals surface area (Å²) in [4.78, 5) is 14.5. The van der Waals surface area contributed by atoms with Gasteiger partial charge in [-0.05, 0) is 26.2 Å². The normalized spacial score (nSPS) is 23.9. The molecule has 3 atom stereocenters. The molecule has 6 nitrogen and oxygen atoms in total. The molecule has 130 valence electrons. The summed E-state index contributed by atoms with van der Waals surface area (Å²) in [6, 6.07) is 0.130. The van der Waals surface area contributed by atoms with Crippen LogP contribution in [0.1, 0.15) is 51.6 Å². The van der Waals surface area contributed by atoms with Crippen molar-refractivity contribution >= 4 is 6.03 Å². The first-order chi connectivity index (χ1) is 10.9. The van der Waals surface area contributed by atoms with Crippen LogP contribution in [-0.2, 0) is 11.8 Å². The number of urea groups is 1. The smallest absolute Gasteiger partial charge is 0.317 e. The molecule has 2 amide bonds. The molecule has 0 radical (unpaired) electrons. The zero-order valence-electron chi connectivity index (χ0n) is 15.2. The lowest BCUT2D eigenvalue weighted by atomic mass is 9.58. The summed E-state index contributed by atoms with van der Waals surface area (Å²) in [5, 5.41) is 7.23. The van der Waals surface area contributed by atoms with E-state index in [4.69, 9.17) is 4.74 Å². The molecule has 0 aliphatic heterocycles. The molecule has 0 aromatic carbocycles. The average molecular weight is 322 g/mol. The van der Waals surface area contributed by atoms with Gasteiger partial charge in [0.05, 0.1) is 18.3 Å². The Bertz CT molecular complexity index is 538. The summed E-state index contributed by atoms with van der Waals surface area (Å²) in [6.07, 6.45) is 6.90. The van der Waals surface area contributed by atoms with Crippen LogP contribution in [-0.4, -0.2) is 47.0 Å². The molecular formula is C17H30N4O2. The third kappa shape index (κ3) is 3.09. The van der Waals surface area contributed by atoms with Gasteiger partial charge in [0, 0.05) is 44.4 Å². The summed E-state index contributed by atoms with van der Waals surface area (Å²) < 4.78 is 7.37. The predicted molar refractivity (Wildman–Crippen MR) is 90.1 cm³/mol. The van der Waals surface area contributed by atoms with Crippen molar-refractivity contribution in [1.29, 1.82) is 0 Å². The largest absolute Gasteiger partial charge is 0.381 e. The summed E-state index contributed by atoms with van der Waals surface area (Å²) in [7, 11) is 5.54. The maximum atomic E-state index is 12.6. The van der Waals surface area contributed by atoms with Crippen molar-refractivity contribution in [2.75, 3.05) is 14.2 Å². The SMILES string of the molecule is CCC1(CC)[C@@H](N(C)C(=O)N[C@@H](C)c2cnn(C)c2)C[C@H]1OC. The van der Waals surface area contributed by atoms with Crippen molar-refractivity contribution in [3.05, 3.63) is 18.0 Å². The first-order valence-electron chi connectivity index (χ1n) is 8.44. The lowest BCUT2D eigenvalue weighted by molar-refractivity contribution is -0.146. The third-order valence-electron chi connectivity index (χ3n) is 5.70. The molecule has 1 N–H and O–H groups in total. The Hall–Kier alpha value is -1.56. The fraction of sp³-hybridized carbons (Fsp3) is 0.765. The van der Waals surface area contributed by atoms with Crippen LogP contribution in [0.5, 0.6) is 0 Å². The molecule has 1 aliphatic carbocycles. The van der Waals surface area contributed by atoms with E-state index in [9.17, 15) is 4.79 Å². The first-order valence-corrected chi connectivity index (χ1v) is 8.44. The lowest BCUT2D eigenvalue weighted by Crippen LogP contribution is -2.65. The minimum absolute atomic E-state index is 0.0350. The van der Waals surface area contributed by atoms with Gasteiger partial charge in [-0.15, -0.1) is 0 Å². The van der Waals surface area contributed by atoms with Gasteiger partial charge in [0.1, 0.15) is 0 Å². The van der Waals surface area contributed by atoms with Gasteiger partial charge in [0.25, 0.3) is 0 Å². The summed E-state index contributed by atoms with van der Waals surface area (Å²) in [5.41, 5.74) is 1.08. The molecule has 1 aromatic rings.